The molecule has 0 aliphatic rings. The Bertz CT molecular complexity index is 439. The minimum atomic E-state index is -1.12. The van der Waals surface area contributed by atoms with Crippen molar-refractivity contribution >= 4 is 23.3 Å². The van der Waals surface area contributed by atoms with Crippen LogP contribution >= 0.6 is 11.3 Å². The molecule has 0 aromatic carbocycles. The fourth-order valence-corrected chi connectivity index (χ4v) is 2.36. The van der Waals surface area contributed by atoms with Crippen LogP contribution in [0.2, 0.25) is 0 Å². The summed E-state index contributed by atoms with van der Waals surface area (Å²) in [7, 11) is 1.50. The van der Waals surface area contributed by atoms with E-state index in [0.717, 1.165) is 0 Å². The summed E-state index contributed by atoms with van der Waals surface area (Å²) in [6.07, 6.45) is 0. The summed E-state index contributed by atoms with van der Waals surface area (Å²) in [6, 6.07) is 1.77. The van der Waals surface area contributed by atoms with Gasteiger partial charge in [0.25, 0.3) is 0 Å². The number of carbonyl (C=O) groups is 2. The molecule has 106 valence electrons. The van der Waals surface area contributed by atoms with Crippen LogP contribution in [0.25, 0.3) is 0 Å². The molecule has 7 heteroatoms. The summed E-state index contributed by atoms with van der Waals surface area (Å²) in [5.74, 6) is -1.12. The van der Waals surface area contributed by atoms with Gasteiger partial charge in [-0.25, -0.2) is 9.59 Å². The minimum Gasteiger partial charge on any atom is -0.479 e. The topological polar surface area (TPSA) is 89.9 Å². The summed E-state index contributed by atoms with van der Waals surface area (Å²) in [5.41, 5.74) is -1.03. The second kappa shape index (κ2) is 6.03. The van der Waals surface area contributed by atoms with Crippen molar-refractivity contribution in [2.75, 3.05) is 13.6 Å². The highest BCUT2D eigenvalue weighted by molar-refractivity contribution is 7.10. The number of thiophene rings is 1. The first-order chi connectivity index (χ1) is 8.70. The molecule has 1 rings (SSSR count). The van der Waals surface area contributed by atoms with Crippen LogP contribution in [-0.2, 0) is 4.79 Å². The number of carboxylic acids is 1. The van der Waals surface area contributed by atoms with Gasteiger partial charge in [-0.3, -0.25) is 0 Å². The lowest BCUT2D eigenvalue weighted by atomic mass is 10.1. The van der Waals surface area contributed by atoms with Gasteiger partial charge in [0.15, 0.2) is 6.04 Å². The second-order valence-corrected chi connectivity index (χ2v) is 5.88. The van der Waals surface area contributed by atoms with Gasteiger partial charge in [-0.15, -0.1) is 11.3 Å². The van der Waals surface area contributed by atoms with Crippen molar-refractivity contribution < 1.29 is 19.8 Å². The number of hydrogen-bond acceptors (Lipinski definition) is 4. The largest absolute Gasteiger partial charge is 0.479 e. The number of rotatable bonds is 5. The van der Waals surface area contributed by atoms with Gasteiger partial charge in [0.05, 0.1) is 12.1 Å². The van der Waals surface area contributed by atoms with Crippen molar-refractivity contribution in [3.05, 3.63) is 22.4 Å². The maximum absolute atomic E-state index is 11.9. The van der Waals surface area contributed by atoms with E-state index in [1.165, 1.54) is 23.3 Å². The third-order valence-electron chi connectivity index (χ3n) is 2.31. The molecular weight excluding hydrogens is 268 g/mol. The van der Waals surface area contributed by atoms with Crippen molar-refractivity contribution in [2.45, 2.75) is 25.5 Å². The predicted octanol–water partition coefficient (Wildman–Crippen LogP) is 1.29. The monoisotopic (exact) mass is 286 g/mol. The summed E-state index contributed by atoms with van der Waals surface area (Å²) in [5, 5.41) is 22.9. The summed E-state index contributed by atoms with van der Waals surface area (Å²) < 4.78 is 0. The molecule has 1 heterocycles. The molecule has 6 nitrogen and oxygen atoms in total. The number of hydrogen-bond donors (Lipinski definition) is 3. The Kier molecular flexibility index (Phi) is 4.90. The molecule has 3 N–H and O–H groups in total. The van der Waals surface area contributed by atoms with Crippen LogP contribution < -0.4 is 5.32 Å². The highest BCUT2D eigenvalue weighted by Crippen LogP contribution is 2.19. The molecule has 0 fully saturated rings. The van der Waals surface area contributed by atoms with Gasteiger partial charge in [0.2, 0.25) is 0 Å². The molecule has 0 aliphatic heterocycles. The van der Waals surface area contributed by atoms with Crippen LogP contribution in [0.3, 0.4) is 0 Å². The second-order valence-electron chi connectivity index (χ2n) is 4.90. The third-order valence-corrected chi connectivity index (χ3v) is 3.25. The molecule has 1 aromatic heterocycles. The lowest BCUT2D eigenvalue weighted by molar-refractivity contribution is -0.139. The molecule has 19 heavy (non-hydrogen) atoms. The van der Waals surface area contributed by atoms with Crippen LogP contribution in [0, 0.1) is 0 Å². The van der Waals surface area contributed by atoms with E-state index in [9.17, 15) is 14.7 Å². The fraction of sp³-hybridized carbons (Fsp3) is 0.500. The van der Waals surface area contributed by atoms with Gasteiger partial charge >= 0.3 is 12.0 Å². The van der Waals surface area contributed by atoms with Gasteiger partial charge in [-0.05, 0) is 25.3 Å². The van der Waals surface area contributed by atoms with Crippen LogP contribution in [0.4, 0.5) is 4.79 Å². The molecular formula is C12H18N2O4S. The third kappa shape index (κ3) is 4.88. The number of urea groups is 1. The Hall–Kier alpha value is -1.60. The highest BCUT2D eigenvalue weighted by Gasteiger charge is 2.26. The Morgan fingerprint density at radius 2 is 2.16 bits per heavy atom. The Balaban J connectivity index is 2.70. The zero-order chi connectivity index (χ0) is 14.6. The van der Waals surface area contributed by atoms with E-state index < -0.39 is 23.6 Å². The van der Waals surface area contributed by atoms with Crippen LogP contribution in [0.5, 0.6) is 0 Å². The summed E-state index contributed by atoms with van der Waals surface area (Å²) >= 11 is 1.26. The van der Waals surface area contributed by atoms with Crippen molar-refractivity contribution in [3.8, 4) is 0 Å². The van der Waals surface area contributed by atoms with Crippen molar-refractivity contribution in [2.24, 2.45) is 0 Å². The summed E-state index contributed by atoms with van der Waals surface area (Å²) in [6.45, 7) is 3.26. The maximum Gasteiger partial charge on any atom is 0.331 e. The van der Waals surface area contributed by atoms with Gasteiger partial charge in [0, 0.05) is 11.9 Å². The molecule has 1 atom stereocenters. The average Bonchev–Trinajstić information content (AvgIpc) is 2.75. The Morgan fingerprint density at radius 3 is 2.58 bits per heavy atom. The molecule has 1 unspecified atom stereocenters. The molecule has 1 aromatic rings. The van der Waals surface area contributed by atoms with Crippen LogP contribution in [-0.4, -0.2) is 46.3 Å². The van der Waals surface area contributed by atoms with Crippen LogP contribution in [0.15, 0.2) is 17.5 Å². The number of carbonyl (C=O) groups excluding carboxylic acids is 1. The Morgan fingerprint density at radius 1 is 1.53 bits per heavy atom. The quantitative estimate of drug-likeness (QED) is 0.760. The first-order valence-corrected chi connectivity index (χ1v) is 6.59. The molecule has 0 saturated heterocycles. The maximum atomic E-state index is 11.9. The van der Waals surface area contributed by atoms with E-state index in [1.807, 2.05) is 0 Å². The van der Waals surface area contributed by atoms with E-state index in [2.05, 4.69) is 5.32 Å². The van der Waals surface area contributed by atoms with Crippen LogP contribution in [0.1, 0.15) is 24.8 Å². The number of nitrogens with zero attached hydrogens (tertiary/aromatic N) is 1. The molecule has 0 spiro atoms. The first kappa shape index (κ1) is 15.5. The van der Waals surface area contributed by atoms with Gasteiger partial charge < -0.3 is 20.4 Å². The smallest absolute Gasteiger partial charge is 0.331 e. The molecule has 0 radical (unpaired) electrons. The normalized spacial score (nSPS) is 12.8. The number of amides is 2. The first-order valence-electron chi connectivity index (χ1n) is 5.71. The van der Waals surface area contributed by atoms with E-state index in [-0.39, 0.29) is 6.54 Å². The fourth-order valence-electron chi connectivity index (χ4n) is 1.60. The molecule has 0 aliphatic carbocycles. The predicted molar refractivity (Wildman–Crippen MR) is 72.2 cm³/mol. The SMILES string of the molecule is CN(CC(C)(C)O)C(=O)NC(C(=O)O)c1cccs1. The number of nitrogens with one attached hydrogen (secondary N) is 1. The lowest BCUT2D eigenvalue weighted by Crippen LogP contribution is -2.46. The van der Waals surface area contributed by atoms with Crippen molar-refractivity contribution in [3.63, 3.8) is 0 Å². The zero-order valence-electron chi connectivity index (χ0n) is 11.1. The van der Waals surface area contributed by atoms with E-state index in [0.29, 0.717) is 4.88 Å². The van der Waals surface area contributed by atoms with Gasteiger partial charge in [-0.1, -0.05) is 6.07 Å². The minimum absolute atomic E-state index is 0.107. The lowest BCUT2D eigenvalue weighted by Gasteiger charge is -2.26. The van der Waals surface area contributed by atoms with Gasteiger partial charge in [-0.2, -0.15) is 0 Å². The molecule has 0 bridgehead atoms. The zero-order valence-corrected chi connectivity index (χ0v) is 11.9. The number of aliphatic carboxylic acids is 1. The standard InChI is InChI=1S/C12H18N2O4S/c1-12(2,18)7-14(3)11(17)13-9(10(15)16)8-5-4-6-19-8/h4-6,9,18H,7H2,1-3H3,(H,13,17)(H,15,16). The Labute approximate surface area is 115 Å². The summed E-state index contributed by atoms with van der Waals surface area (Å²) in [4.78, 5) is 24.8. The average molecular weight is 286 g/mol. The molecule has 0 saturated carbocycles. The van der Waals surface area contributed by atoms with E-state index in [4.69, 9.17) is 5.11 Å². The molecule has 2 amide bonds. The van der Waals surface area contributed by atoms with E-state index >= 15 is 0 Å². The van der Waals surface area contributed by atoms with Crippen molar-refractivity contribution in [1.29, 1.82) is 0 Å². The number of carboxylic acid groups (broad SMARTS) is 1. The van der Waals surface area contributed by atoms with E-state index in [1.54, 1.807) is 31.4 Å². The number of likely N-dealkylation sites (N-methyl/N-ethyl adjacent to an activating group) is 1. The van der Waals surface area contributed by atoms with Gasteiger partial charge in [0.1, 0.15) is 0 Å². The number of aliphatic hydroxyl groups is 1. The van der Waals surface area contributed by atoms with Crippen molar-refractivity contribution in [1.82, 2.24) is 10.2 Å². The highest BCUT2D eigenvalue weighted by atomic mass is 32.1.